The third kappa shape index (κ3) is 3.03. The van der Waals surface area contributed by atoms with Crippen LogP contribution in [0.2, 0.25) is 0 Å². The summed E-state index contributed by atoms with van der Waals surface area (Å²) in [7, 11) is 1.87. The molecule has 0 aromatic carbocycles. The van der Waals surface area contributed by atoms with Gasteiger partial charge in [0.2, 0.25) is 0 Å². The first-order valence-electron chi connectivity index (χ1n) is 5.47. The van der Waals surface area contributed by atoms with Crippen molar-refractivity contribution < 1.29 is 4.92 Å². The number of aromatic nitrogens is 3. The first-order valence-corrected chi connectivity index (χ1v) is 5.47. The van der Waals surface area contributed by atoms with Crippen molar-refractivity contribution >= 4 is 11.5 Å². The van der Waals surface area contributed by atoms with E-state index in [1.807, 2.05) is 19.4 Å². The Morgan fingerprint density at radius 3 is 2.83 bits per heavy atom. The van der Waals surface area contributed by atoms with Crippen LogP contribution in [0.25, 0.3) is 0 Å². The van der Waals surface area contributed by atoms with Crippen molar-refractivity contribution in [3.05, 3.63) is 46.4 Å². The number of pyridine rings is 1. The highest BCUT2D eigenvalue weighted by atomic mass is 16.6. The zero-order chi connectivity index (χ0) is 13.0. The molecule has 0 radical (unpaired) electrons. The Hall–Kier alpha value is -2.44. The number of nitrogens with zero attached hydrogens (tertiary/aromatic N) is 4. The molecule has 0 aliphatic carbocycles. The average molecular weight is 247 g/mol. The van der Waals surface area contributed by atoms with E-state index in [1.54, 1.807) is 10.7 Å². The van der Waals surface area contributed by atoms with Crippen LogP contribution in [0.4, 0.5) is 11.5 Å². The molecule has 2 aromatic rings. The minimum absolute atomic E-state index is 0.00666. The van der Waals surface area contributed by atoms with Gasteiger partial charge in [-0.05, 0) is 18.1 Å². The lowest BCUT2D eigenvalue weighted by Crippen LogP contribution is -2.05. The third-order valence-corrected chi connectivity index (χ3v) is 2.44. The van der Waals surface area contributed by atoms with E-state index in [9.17, 15) is 10.1 Å². The van der Waals surface area contributed by atoms with Gasteiger partial charge in [-0.3, -0.25) is 14.8 Å². The standard InChI is InChI=1S/C11H13N5O2/c1-15-8-9(6-14-15)4-5-12-11-3-2-10(7-13-11)16(17)18/h2-3,6-8H,4-5H2,1H3,(H,12,13). The van der Waals surface area contributed by atoms with Crippen LogP contribution in [-0.2, 0) is 13.5 Å². The minimum Gasteiger partial charge on any atom is -0.370 e. The van der Waals surface area contributed by atoms with Crippen LogP contribution >= 0.6 is 0 Å². The molecule has 18 heavy (non-hydrogen) atoms. The van der Waals surface area contributed by atoms with Crippen molar-refractivity contribution in [3.63, 3.8) is 0 Å². The van der Waals surface area contributed by atoms with Crippen LogP contribution < -0.4 is 5.32 Å². The smallest absolute Gasteiger partial charge is 0.287 e. The third-order valence-electron chi connectivity index (χ3n) is 2.44. The van der Waals surface area contributed by atoms with Gasteiger partial charge in [-0.15, -0.1) is 0 Å². The largest absolute Gasteiger partial charge is 0.370 e. The van der Waals surface area contributed by atoms with Gasteiger partial charge < -0.3 is 5.32 Å². The fourth-order valence-corrected chi connectivity index (χ4v) is 1.53. The van der Waals surface area contributed by atoms with E-state index in [1.165, 1.54) is 12.3 Å². The topological polar surface area (TPSA) is 85.9 Å². The van der Waals surface area contributed by atoms with Crippen LogP contribution in [0.5, 0.6) is 0 Å². The highest BCUT2D eigenvalue weighted by Crippen LogP contribution is 2.11. The molecular weight excluding hydrogens is 234 g/mol. The lowest BCUT2D eigenvalue weighted by Gasteiger charge is -2.03. The Bertz CT molecular complexity index is 535. The first-order chi connectivity index (χ1) is 8.65. The maximum atomic E-state index is 10.4. The molecule has 7 heteroatoms. The SMILES string of the molecule is Cn1cc(CCNc2ccc([N+](=O)[O-])cn2)cn1. The fraction of sp³-hybridized carbons (Fsp3) is 0.273. The molecule has 0 amide bonds. The second kappa shape index (κ2) is 5.26. The lowest BCUT2D eigenvalue weighted by atomic mass is 10.2. The summed E-state index contributed by atoms with van der Waals surface area (Å²) in [5.41, 5.74) is 1.12. The van der Waals surface area contributed by atoms with Crippen LogP contribution in [0.3, 0.4) is 0 Å². The van der Waals surface area contributed by atoms with Gasteiger partial charge in [0.25, 0.3) is 5.69 Å². The van der Waals surface area contributed by atoms with E-state index in [2.05, 4.69) is 15.4 Å². The van der Waals surface area contributed by atoms with Gasteiger partial charge in [0, 0.05) is 25.9 Å². The van der Waals surface area contributed by atoms with Crippen molar-refractivity contribution in [1.29, 1.82) is 0 Å². The van der Waals surface area contributed by atoms with Crippen molar-refractivity contribution in [3.8, 4) is 0 Å². The summed E-state index contributed by atoms with van der Waals surface area (Å²) < 4.78 is 1.75. The summed E-state index contributed by atoms with van der Waals surface area (Å²) in [5.74, 6) is 0.629. The molecule has 1 N–H and O–H groups in total. The maximum Gasteiger partial charge on any atom is 0.287 e. The van der Waals surface area contributed by atoms with E-state index in [0.29, 0.717) is 12.4 Å². The Labute approximate surface area is 104 Å². The lowest BCUT2D eigenvalue weighted by molar-refractivity contribution is -0.385. The number of nitrogens with one attached hydrogen (secondary N) is 1. The molecule has 94 valence electrons. The van der Waals surface area contributed by atoms with Crippen molar-refractivity contribution in [2.45, 2.75) is 6.42 Å². The number of aryl methyl sites for hydroxylation is 1. The molecule has 0 spiro atoms. The first kappa shape index (κ1) is 12.0. The number of nitro groups is 1. The molecule has 0 saturated heterocycles. The van der Waals surface area contributed by atoms with Crippen LogP contribution in [-0.4, -0.2) is 26.2 Å². The van der Waals surface area contributed by atoms with Gasteiger partial charge in [-0.1, -0.05) is 0 Å². The summed E-state index contributed by atoms with van der Waals surface area (Å²) in [5, 5.41) is 17.6. The van der Waals surface area contributed by atoms with Gasteiger partial charge in [0.1, 0.15) is 12.0 Å². The quantitative estimate of drug-likeness (QED) is 0.637. The van der Waals surface area contributed by atoms with Crippen LogP contribution in [0.15, 0.2) is 30.7 Å². The molecule has 0 saturated carbocycles. The Kier molecular flexibility index (Phi) is 3.52. The molecule has 0 aliphatic heterocycles. The van der Waals surface area contributed by atoms with E-state index < -0.39 is 4.92 Å². The summed E-state index contributed by atoms with van der Waals surface area (Å²) in [6.45, 7) is 0.705. The number of anilines is 1. The predicted molar refractivity (Wildman–Crippen MR) is 66.3 cm³/mol. The second-order valence-corrected chi connectivity index (χ2v) is 3.86. The number of hydrogen-bond donors (Lipinski definition) is 1. The molecule has 0 atom stereocenters. The predicted octanol–water partition coefficient (Wildman–Crippen LogP) is 1.38. The van der Waals surface area contributed by atoms with Gasteiger partial charge in [-0.2, -0.15) is 5.10 Å². The van der Waals surface area contributed by atoms with E-state index in [4.69, 9.17) is 0 Å². The molecule has 0 unspecified atom stereocenters. The van der Waals surface area contributed by atoms with E-state index in [-0.39, 0.29) is 5.69 Å². The minimum atomic E-state index is -0.466. The molecule has 0 bridgehead atoms. The summed E-state index contributed by atoms with van der Waals surface area (Å²) in [6.07, 6.45) is 5.83. The normalized spacial score (nSPS) is 10.3. The number of rotatable bonds is 5. The molecular formula is C11H13N5O2. The number of hydrogen-bond acceptors (Lipinski definition) is 5. The monoisotopic (exact) mass is 247 g/mol. The maximum absolute atomic E-state index is 10.4. The highest BCUT2D eigenvalue weighted by molar-refractivity contribution is 5.40. The molecule has 2 rings (SSSR count). The van der Waals surface area contributed by atoms with Crippen molar-refractivity contribution in [2.75, 3.05) is 11.9 Å². The molecule has 0 fully saturated rings. The van der Waals surface area contributed by atoms with E-state index in [0.717, 1.165) is 12.0 Å². The second-order valence-electron chi connectivity index (χ2n) is 3.86. The summed E-state index contributed by atoms with van der Waals surface area (Å²) in [6, 6.07) is 3.03. The molecule has 0 aliphatic rings. The molecule has 2 aromatic heterocycles. The van der Waals surface area contributed by atoms with Crippen LogP contribution in [0.1, 0.15) is 5.56 Å². The zero-order valence-electron chi connectivity index (χ0n) is 9.91. The average Bonchev–Trinajstić information content (AvgIpc) is 2.76. The fourth-order valence-electron chi connectivity index (χ4n) is 1.53. The van der Waals surface area contributed by atoms with Crippen LogP contribution in [0, 0.1) is 10.1 Å². The summed E-state index contributed by atoms with van der Waals surface area (Å²) in [4.78, 5) is 13.9. The van der Waals surface area contributed by atoms with Gasteiger partial charge in [-0.25, -0.2) is 4.98 Å². The summed E-state index contributed by atoms with van der Waals surface area (Å²) >= 11 is 0. The Morgan fingerprint density at radius 2 is 2.28 bits per heavy atom. The van der Waals surface area contributed by atoms with Crippen molar-refractivity contribution in [2.24, 2.45) is 7.05 Å². The van der Waals surface area contributed by atoms with Gasteiger partial charge in [0.05, 0.1) is 11.1 Å². The molecule has 7 nitrogen and oxygen atoms in total. The van der Waals surface area contributed by atoms with Crippen molar-refractivity contribution in [1.82, 2.24) is 14.8 Å². The van der Waals surface area contributed by atoms with Gasteiger partial charge >= 0.3 is 0 Å². The zero-order valence-corrected chi connectivity index (χ0v) is 9.91. The molecule has 2 heterocycles. The highest BCUT2D eigenvalue weighted by Gasteiger charge is 2.04. The van der Waals surface area contributed by atoms with Gasteiger partial charge in [0.15, 0.2) is 0 Å². The van der Waals surface area contributed by atoms with E-state index >= 15 is 0 Å². The Morgan fingerprint density at radius 1 is 1.44 bits per heavy atom. The Balaban J connectivity index is 1.85.